The summed E-state index contributed by atoms with van der Waals surface area (Å²) in [6.45, 7) is 0. The van der Waals surface area contributed by atoms with Gasteiger partial charge in [0, 0.05) is 4.47 Å². The van der Waals surface area contributed by atoms with Gasteiger partial charge in [0.1, 0.15) is 0 Å². The molecule has 1 aliphatic carbocycles. The monoisotopic (exact) mass is 415 g/mol. The summed E-state index contributed by atoms with van der Waals surface area (Å²) in [5.41, 5.74) is 6.80. The van der Waals surface area contributed by atoms with Crippen molar-refractivity contribution in [3.63, 3.8) is 0 Å². The van der Waals surface area contributed by atoms with Crippen LogP contribution in [0.2, 0.25) is 0 Å². The summed E-state index contributed by atoms with van der Waals surface area (Å²) in [5.74, 6) is 0.630. The van der Waals surface area contributed by atoms with Gasteiger partial charge in [-0.2, -0.15) is 0 Å². The highest BCUT2D eigenvalue weighted by molar-refractivity contribution is 9.13. The Kier molecular flexibility index (Phi) is 5.95. The Balaban J connectivity index is 0.00000180. The molecule has 2 atom stereocenters. The van der Waals surface area contributed by atoms with E-state index >= 15 is 0 Å². The Hall–Kier alpha value is -0.0100. The number of methoxy groups -OCH3 is 1. The predicted molar refractivity (Wildman–Crippen MR) is 83.0 cm³/mol. The maximum absolute atomic E-state index is 10.1. The number of benzene rings is 1. The van der Waals surface area contributed by atoms with Crippen LogP contribution in [0.5, 0.6) is 11.5 Å². The molecule has 4 N–H and O–H groups in total. The van der Waals surface area contributed by atoms with Gasteiger partial charge in [0.15, 0.2) is 11.5 Å². The van der Waals surface area contributed by atoms with Crippen LogP contribution < -0.4 is 10.5 Å². The lowest BCUT2D eigenvalue weighted by Gasteiger charge is -2.22. The SMILES string of the molecule is COc1cc([C@H](N)[C@H](O)C2CC2)c(Br)c(Br)c1O.Cl. The van der Waals surface area contributed by atoms with Gasteiger partial charge in [-0.15, -0.1) is 12.4 Å². The summed E-state index contributed by atoms with van der Waals surface area (Å²) in [6, 6.07) is 1.15. The molecule has 1 aromatic rings. The molecule has 0 spiro atoms. The molecule has 0 bridgehead atoms. The second-order valence-corrected chi connectivity index (χ2v) is 6.08. The number of phenolic OH excluding ortho intramolecular Hbond substituents is 1. The van der Waals surface area contributed by atoms with Gasteiger partial charge >= 0.3 is 0 Å². The van der Waals surface area contributed by atoms with Gasteiger partial charge in [-0.25, -0.2) is 0 Å². The Morgan fingerprint density at radius 2 is 1.95 bits per heavy atom. The number of aliphatic hydroxyl groups is 1. The standard InChI is InChI=1S/C12H15Br2NO3.ClH/c1-18-7-4-6(8(13)9(14)12(7)17)10(15)11(16)5-2-3-5;/h4-5,10-11,16-17H,2-3,15H2,1H3;1H/t10-,11+;/m0./s1. The van der Waals surface area contributed by atoms with Crippen molar-refractivity contribution in [2.45, 2.75) is 25.0 Å². The number of ether oxygens (including phenoxy) is 1. The Bertz CT molecular complexity index is 469. The number of aromatic hydroxyl groups is 1. The maximum Gasteiger partial charge on any atom is 0.173 e. The molecule has 19 heavy (non-hydrogen) atoms. The van der Waals surface area contributed by atoms with Crippen molar-refractivity contribution in [2.75, 3.05) is 7.11 Å². The third kappa shape index (κ3) is 3.36. The molecule has 1 saturated carbocycles. The average molecular weight is 418 g/mol. The van der Waals surface area contributed by atoms with E-state index in [1.54, 1.807) is 6.07 Å². The molecule has 108 valence electrons. The largest absolute Gasteiger partial charge is 0.503 e. The Morgan fingerprint density at radius 1 is 1.37 bits per heavy atom. The number of hydrogen-bond donors (Lipinski definition) is 3. The average Bonchev–Trinajstić information content (AvgIpc) is 3.19. The van der Waals surface area contributed by atoms with Crippen LogP contribution in [0.3, 0.4) is 0 Å². The molecule has 0 radical (unpaired) electrons. The van der Waals surface area contributed by atoms with Crippen LogP contribution >= 0.6 is 44.3 Å². The second kappa shape index (κ2) is 6.63. The molecule has 0 saturated heterocycles. The lowest BCUT2D eigenvalue weighted by atomic mass is 9.98. The minimum atomic E-state index is -0.567. The molecule has 2 rings (SSSR count). The van der Waals surface area contributed by atoms with Crippen LogP contribution in [-0.4, -0.2) is 23.4 Å². The van der Waals surface area contributed by atoms with Crippen LogP contribution in [0, 0.1) is 5.92 Å². The van der Waals surface area contributed by atoms with Gasteiger partial charge in [-0.05, 0) is 62.2 Å². The third-order valence-electron chi connectivity index (χ3n) is 3.23. The van der Waals surface area contributed by atoms with E-state index < -0.39 is 12.1 Å². The van der Waals surface area contributed by atoms with Gasteiger partial charge in [0.2, 0.25) is 0 Å². The van der Waals surface area contributed by atoms with Crippen molar-refractivity contribution < 1.29 is 14.9 Å². The lowest BCUT2D eigenvalue weighted by Crippen LogP contribution is -2.28. The van der Waals surface area contributed by atoms with Crippen LogP contribution in [0.1, 0.15) is 24.4 Å². The van der Waals surface area contributed by atoms with Crippen LogP contribution in [-0.2, 0) is 0 Å². The highest BCUT2D eigenvalue weighted by atomic mass is 79.9. The summed E-state index contributed by atoms with van der Waals surface area (Å²) in [4.78, 5) is 0. The molecule has 1 fully saturated rings. The van der Waals surface area contributed by atoms with E-state index in [1.807, 2.05) is 0 Å². The summed E-state index contributed by atoms with van der Waals surface area (Å²) in [5, 5.41) is 19.9. The zero-order valence-corrected chi connectivity index (χ0v) is 14.3. The summed E-state index contributed by atoms with van der Waals surface area (Å²) in [6.07, 6.45) is 1.47. The van der Waals surface area contributed by atoms with Crippen molar-refractivity contribution in [3.8, 4) is 11.5 Å². The van der Waals surface area contributed by atoms with E-state index in [9.17, 15) is 10.2 Å². The summed E-state index contributed by atoms with van der Waals surface area (Å²) in [7, 11) is 1.47. The highest BCUT2D eigenvalue weighted by Gasteiger charge is 2.35. The molecular weight excluding hydrogens is 401 g/mol. The number of aliphatic hydroxyl groups excluding tert-OH is 1. The molecule has 0 amide bonds. The van der Waals surface area contributed by atoms with E-state index in [1.165, 1.54) is 7.11 Å². The first-order valence-corrected chi connectivity index (χ1v) is 7.24. The normalized spacial score (nSPS) is 17.5. The van der Waals surface area contributed by atoms with Crippen molar-refractivity contribution >= 4 is 44.3 Å². The molecule has 0 unspecified atom stereocenters. The summed E-state index contributed by atoms with van der Waals surface area (Å²) >= 11 is 6.66. The number of phenols is 1. The first kappa shape index (κ1) is 17.0. The number of rotatable bonds is 4. The lowest BCUT2D eigenvalue weighted by molar-refractivity contribution is 0.122. The zero-order chi connectivity index (χ0) is 13.4. The molecule has 4 nitrogen and oxygen atoms in total. The molecule has 7 heteroatoms. The van der Waals surface area contributed by atoms with Gasteiger partial charge in [0.25, 0.3) is 0 Å². The zero-order valence-electron chi connectivity index (χ0n) is 10.3. The number of hydrogen-bond acceptors (Lipinski definition) is 4. The molecular formula is C12H16Br2ClNO3. The third-order valence-corrected chi connectivity index (χ3v) is 5.38. The van der Waals surface area contributed by atoms with Crippen molar-refractivity contribution in [1.29, 1.82) is 0 Å². The van der Waals surface area contributed by atoms with Crippen LogP contribution in [0.25, 0.3) is 0 Å². The number of halogens is 3. The van der Waals surface area contributed by atoms with Crippen LogP contribution in [0.15, 0.2) is 15.0 Å². The summed E-state index contributed by atoms with van der Waals surface area (Å²) < 4.78 is 6.22. The van der Waals surface area contributed by atoms with Crippen molar-refractivity contribution in [2.24, 2.45) is 11.7 Å². The van der Waals surface area contributed by atoms with E-state index in [2.05, 4.69) is 31.9 Å². The predicted octanol–water partition coefficient (Wildman–Crippen LogP) is 3.12. The smallest absolute Gasteiger partial charge is 0.173 e. The van der Waals surface area contributed by atoms with Gasteiger partial charge < -0.3 is 20.7 Å². The van der Waals surface area contributed by atoms with Crippen molar-refractivity contribution in [3.05, 3.63) is 20.6 Å². The van der Waals surface area contributed by atoms with E-state index in [0.717, 1.165) is 18.4 Å². The van der Waals surface area contributed by atoms with E-state index in [4.69, 9.17) is 10.5 Å². The second-order valence-electron chi connectivity index (χ2n) is 4.50. The topological polar surface area (TPSA) is 75.7 Å². The highest BCUT2D eigenvalue weighted by Crippen LogP contribution is 2.45. The van der Waals surface area contributed by atoms with E-state index in [-0.39, 0.29) is 24.1 Å². The minimum Gasteiger partial charge on any atom is -0.503 e. The first-order chi connectivity index (χ1) is 8.47. The molecule has 0 heterocycles. The molecule has 0 aromatic heterocycles. The molecule has 1 aliphatic rings. The fourth-order valence-electron chi connectivity index (χ4n) is 1.92. The minimum absolute atomic E-state index is 0. The van der Waals surface area contributed by atoms with E-state index in [0.29, 0.717) is 14.7 Å². The molecule has 0 aliphatic heterocycles. The van der Waals surface area contributed by atoms with Gasteiger partial charge in [0.05, 0.1) is 23.7 Å². The number of nitrogens with two attached hydrogens (primary N) is 1. The fourth-order valence-corrected chi connectivity index (χ4v) is 2.92. The fraction of sp³-hybridized carbons (Fsp3) is 0.500. The Morgan fingerprint density at radius 3 is 2.42 bits per heavy atom. The van der Waals surface area contributed by atoms with Crippen molar-refractivity contribution in [1.82, 2.24) is 0 Å². The Labute approximate surface area is 135 Å². The van der Waals surface area contributed by atoms with Crippen LogP contribution in [0.4, 0.5) is 0 Å². The molecule has 1 aromatic carbocycles. The van der Waals surface area contributed by atoms with Gasteiger partial charge in [-0.1, -0.05) is 0 Å². The van der Waals surface area contributed by atoms with Gasteiger partial charge in [-0.3, -0.25) is 0 Å². The maximum atomic E-state index is 10.1. The first-order valence-electron chi connectivity index (χ1n) is 5.65. The quantitative estimate of drug-likeness (QED) is 0.704.